The Morgan fingerprint density at radius 1 is 1.19 bits per heavy atom. The Balaban J connectivity index is 0.000000807. The van der Waals surface area contributed by atoms with Crippen molar-refractivity contribution in [2.75, 3.05) is 13.6 Å². The van der Waals surface area contributed by atoms with Crippen LogP contribution in [0.1, 0.15) is 22.7 Å². The fraction of sp³-hybridized carbons (Fsp3) is 0.333. The lowest BCUT2D eigenvalue weighted by Crippen LogP contribution is -2.35. The summed E-state index contributed by atoms with van der Waals surface area (Å²) in [7, 11) is 2.12. The molecule has 0 radical (unpaired) electrons. The number of rotatable bonds is 0. The molecule has 0 spiro atoms. The highest BCUT2D eigenvalue weighted by Gasteiger charge is 2.35. The normalized spacial score (nSPS) is 19.0. The number of aromatic amines is 1. The van der Waals surface area contributed by atoms with E-state index in [1.54, 1.807) is 6.07 Å². The van der Waals surface area contributed by atoms with Crippen LogP contribution < -0.4 is 0 Å². The lowest BCUT2D eigenvalue weighted by molar-refractivity contribution is 0.227. The molecule has 1 unspecified atom stereocenters. The maximum Gasteiger partial charge on any atom is 0.165 e. The van der Waals surface area contributed by atoms with Gasteiger partial charge in [-0.3, -0.25) is 4.90 Å². The Labute approximate surface area is 144 Å². The van der Waals surface area contributed by atoms with E-state index in [1.807, 2.05) is 12.4 Å². The number of hydrogen-bond donors (Lipinski definition) is 3. The van der Waals surface area contributed by atoms with E-state index >= 15 is 0 Å². The fourth-order valence-corrected chi connectivity index (χ4v) is 3.52. The second-order valence-corrected chi connectivity index (χ2v) is 5.54. The molecule has 0 saturated carbocycles. The lowest BCUT2D eigenvalue weighted by atomic mass is 9.78. The van der Waals surface area contributed by atoms with Crippen LogP contribution in [0.2, 0.25) is 0 Å². The Kier molecular flexibility index (Phi) is 4.42. The summed E-state index contributed by atoms with van der Waals surface area (Å²) < 4.78 is 0. The zero-order chi connectivity index (χ0) is 13.1. The number of nitrogens with zero attached hydrogens (tertiary/aromatic N) is 1. The molecule has 1 atom stereocenters. The molecular weight excluding hydrogens is 400 g/mol. The highest BCUT2D eigenvalue weighted by molar-refractivity contribution is 8.93. The number of aromatic nitrogens is 1. The topological polar surface area (TPSA) is 59.5 Å². The Bertz CT molecular complexity index is 685. The van der Waals surface area contributed by atoms with Gasteiger partial charge in [0.05, 0.1) is 0 Å². The largest absolute Gasteiger partial charge is 0.504 e. The van der Waals surface area contributed by atoms with Gasteiger partial charge < -0.3 is 15.2 Å². The lowest BCUT2D eigenvalue weighted by Gasteiger charge is -2.39. The number of benzene rings is 1. The molecular formula is C15H18Br2N2O2. The van der Waals surface area contributed by atoms with Crippen LogP contribution in [0, 0.1) is 0 Å². The van der Waals surface area contributed by atoms with E-state index < -0.39 is 0 Å². The highest BCUT2D eigenvalue weighted by atomic mass is 79.9. The standard InChI is InChI=1S/C15H16N2O2.2BrH/c1-17-3-2-8-5-12(18)15(19)14-10-7-16-6-9(10)4-11(17)13(8)14;;/h5-7,11,16,18-19H,2-4H2,1H3;2*1H. The number of aromatic hydroxyl groups is 2. The zero-order valence-corrected chi connectivity index (χ0v) is 15.0. The van der Waals surface area contributed by atoms with Gasteiger partial charge in [-0.15, -0.1) is 34.0 Å². The molecule has 4 nitrogen and oxygen atoms in total. The molecule has 2 aromatic rings. The Morgan fingerprint density at radius 2 is 1.95 bits per heavy atom. The highest BCUT2D eigenvalue weighted by Crippen LogP contribution is 2.51. The predicted octanol–water partition coefficient (Wildman–Crippen LogP) is 3.33. The maximum absolute atomic E-state index is 10.3. The molecule has 0 bridgehead atoms. The molecule has 1 aromatic heterocycles. The molecule has 6 heteroatoms. The van der Waals surface area contributed by atoms with E-state index in [-0.39, 0.29) is 45.5 Å². The minimum Gasteiger partial charge on any atom is -0.504 e. The summed E-state index contributed by atoms with van der Waals surface area (Å²) in [6, 6.07) is 2.03. The van der Waals surface area contributed by atoms with Gasteiger partial charge in [-0.05, 0) is 42.6 Å². The van der Waals surface area contributed by atoms with Crippen molar-refractivity contribution in [3.05, 3.63) is 35.2 Å². The third-order valence-corrected chi connectivity index (χ3v) is 4.52. The van der Waals surface area contributed by atoms with Gasteiger partial charge >= 0.3 is 0 Å². The first-order chi connectivity index (χ1) is 9.16. The summed E-state index contributed by atoms with van der Waals surface area (Å²) in [5.41, 5.74) is 5.40. The number of phenolic OH excluding ortho intramolecular Hbond substituents is 2. The van der Waals surface area contributed by atoms with Gasteiger partial charge in [-0.25, -0.2) is 0 Å². The third kappa shape index (κ3) is 2.20. The van der Waals surface area contributed by atoms with Gasteiger partial charge in [0.25, 0.3) is 0 Å². The number of hydrogen-bond acceptors (Lipinski definition) is 3. The van der Waals surface area contributed by atoms with E-state index in [0.717, 1.165) is 30.5 Å². The van der Waals surface area contributed by atoms with E-state index in [1.165, 1.54) is 16.7 Å². The molecule has 3 N–H and O–H groups in total. The summed E-state index contributed by atoms with van der Waals surface area (Å²) >= 11 is 0. The van der Waals surface area contributed by atoms with Crippen LogP contribution in [0.25, 0.3) is 11.1 Å². The summed E-state index contributed by atoms with van der Waals surface area (Å²) in [6.07, 6.45) is 5.78. The molecule has 4 rings (SSSR count). The molecule has 114 valence electrons. The maximum atomic E-state index is 10.3. The van der Waals surface area contributed by atoms with Crippen molar-refractivity contribution < 1.29 is 10.2 Å². The van der Waals surface area contributed by atoms with E-state index in [9.17, 15) is 10.2 Å². The fourth-order valence-electron chi connectivity index (χ4n) is 3.52. The van der Waals surface area contributed by atoms with Gasteiger partial charge in [-0.2, -0.15) is 0 Å². The van der Waals surface area contributed by atoms with Gasteiger partial charge in [-0.1, -0.05) is 0 Å². The average Bonchev–Trinajstić information content (AvgIpc) is 2.86. The number of halogens is 2. The first-order valence-corrected chi connectivity index (χ1v) is 6.60. The van der Waals surface area contributed by atoms with Crippen LogP contribution >= 0.6 is 34.0 Å². The number of likely N-dealkylation sites (N-methyl/N-ethyl adjacent to an activating group) is 1. The molecule has 0 fully saturated rings. The minimum atomic E-state index is -0.00824. The average molecular weight is 418 g/mol. The summed E-state index contributed by atoms with van der Waals surface area (Å²) in [5, 5.41) is 20.2. The SMILES string of the molecule is Br.Br.CN1CCc2cc(O)c(O)c3c2C1Cc1c[nH]cc1-3. The quantitative estimate of drug-likeness (QED) is 0.576. The number of H-pyrrole nitrogens is 1. The van der Waals surface area contributed by atoms with E-state index in [2.05, 4.69) is 16.9 Å². The molecule has 2 heterocycles. The Morgan fingerprint density at radius 3 is 2.71 bits per heavy atom. The van der Waals surface area contributed by atoms with Crippen LogP contribution in [0.5, 0.6) is 11.5 Å². The number of phenols is 2. The molecule has 1 aliphatic heterocycles. The van der Waals surface area contributed by atoms with Crippen LogP contribution in [-0.4, -0.2) is 33.7 Å². The molecule has 0 amide bonds. The summed E-state index contributed by atoms with van der Waals surface area (Å²) in [5.74, 6) is 0.00528. The second kappa shape index (κ2) is 5.66. The molecule has 0 saturated heterocycles. The smallest absolute Gasteiger partial charge is 0.165 e. The number of nitrogens with one attached hydrogen (secondary N) is 1. The van der Waals surface area contributed by atoms with Crippen molar-refractivity contribution in [3.8, 4) is 22.6 Å². The van der Waals surface area contributed by atoms with Gasteiger partial charge in [0.15, 0.2) is 11.5 Å². The van der Waals surface area contributed by atoms with Gasteiger partial charge in [0, 0.05) is 36.1 Å². The molecule has 2 aliphatic rings. The van der Waals surface area contributed by atoms with E-state index in [0.29, 0.717) is 6.04 Å². The molecule has 21 heavy (non-hydrogen) atoms. The molecule has 1 aromatic carbocycles. The monoisotopic (exact) mass is 416 g/mol. The van der Waals surface area contributed by atoms with Crippen molar-refractivity contribution in [2.45, 2.75) is 18.9 Å². The van der Waals surface area contributed by atoms with Crippen LogP contribution in [0.4, 0.5) is 0 Å². The van der Waals surface area contributed by atoms with Crippen LogP contribution in [0.15, 0.2) is 18.5 Å². The van der Waals surface area contributed by atoms with Crippen molar-refractivity contribution in [1.82, 2.24) is 9.88 Å². The van der Waals surface area contributed by atoms with Crippen molar-refractivity contribution in [3.63, 3.8) is 0 Å². The Hall–Kier alpha value is -0.980. The van der Waals surface area contributed by atoms with Crippen molar-refractivity contribution >= 4 is 34.0 Å². The van der Waals surface area contributed by atoms with Gasteiger partial charge in [0.2, 0.25) is 0 Å². The van der Waals surface area contributed by atoms with Crippen molar-refractivity contribution in [1.29, 1.82) is 0 Å². The van der Waals surface area contributed by atoms with Gasteiger partial charge in [0.1, 0.15) is 0 Å². The minimum absolute atomic E-state index is 0. The first kappa shape index (κ1) is 16.4. The summed E-state index contributed by atoms with van der Waals surface area (Å²) in [6.45, 7) is 0.987. The zero-order valence-electron chi connectivity index (χ0n) is 11.6. The second-order valence-electron chi connectivity index (χ2n) is 5.54. The summed E-state index contributed by atoms with van der Waals surface area (Å²) in [4.78, 5) is 5.45. The predicted molar refractivity (Wildman–Crippen MR) is 93.0 cm³/mol. The van der Waals surface area contributed by atoms with Crippen LogP contribution in [-0.2, 0) is 12.8 Å². The van der Waals surface area contributed by atoms with Crippen LogP contribution in [0.3, 0.4) is 0 Å². The van der Waals surface area contributed by atoms with Crippen molar-refractivity contribution in [2.24, 2.45) is 0 Å². The van der Waals surface area contributed by atoms with E-state index in [4.69, 9.17) is 0 Å². The third-order valence-electron chi connectivity index (χ3n) is 4.52. The number of fused-ring (bicyclic) bond motifs is 2. The molecule has 1 aliphatic carbocycles. The first-order valence-electron chi connectivity index (χ1n) is 6.60.